The standard InChI is InChI=1S/C20H16ClFN4O/c1-12(24-17-8-4-6-15(21)19(17)22)14(11-23)20(27)26-18-10-9-13-5-2-3-7-16(13)25-18/h2-11H,23H2,1H3,(H,25,26,27). The number of nitrogens with two attached hydrogens (primary N) is 1. The van der Waals surface area contributed by atoms with Gasteiger partial charge in [-0.1, -0.05) is 35.9 Å². The molecule has 3 N–H and O–H groups in total. The maximum Gasteiger partial charge on any atom is 0.260 e. The lowest BCUT2D eigenvalue weighted by Crippen LogP contribution is -2.21. The molecule has 1 heterocycles. The topological polar surface area (TPSA) is 80.4 Å². The number of aliphatic imine (C=N–C) groups is 1. The summed E-state index contributed by atoms with van der Waals surface area (Å²) in [5.74, 6) is -0.782. The predicted octanol–water partition coefficient (Wildman–Crippen LogP) is 4.60. The quantitative estimate of drug-likeness (QED) is 0.511. The van der Waals surface area contributed by atoms with Gasteiger partial charge in [0.1, 0.15) is 11.5 Å². The molecular weight excluding hydrogens is 367 g/mol. The van der Waals surface area contributed by atoms with Crippen LogP contribution in [-0.2, 0) is 4.79 Å². The van der Waals surface area contributed by atoms with Crippen molar-refractivity contribution in [2.24, 2.45) is 10.7 Å². The highest BCUT2D eigenvalue weighted by atomic mass is 35.5. The van der Waals surface area contributed by atoms with Crippen LogP contribution in [0.3, 0.4) is 0 Å². The molecule has 7 heteroatoms. The number of halogens is 2. The van der Waals surface area contributed by atoms with Crippen LogP contribution >= 0.6 is 11.6 Å². The zero-order valence-corrected chi connectivity index (χ0v) is 15.2. The smallest absolute Gasteiger partial charge is 0.260 e. The van der Waals surface area contributed by atoms with Gasteiger partial charge in [0.2, 0.25) is 0 Å². The number of carbonyl (C=O) groups excluding carboxylic acids is 1. The van der Waals surface area contributed by atoms with Crippen LogP contribution in [0.2, 0.25) is 5.02 Å². The largest absolute Gasteiger partial charge is 0.404 e. The van der Waals surface area contributed by atoms with E-state index >= 15 is 0 Å². The van der Waals surface area contributed by atoms with Gasteiger partial charge in [-0.3, -0.25) is 4.79 Å². The maximum absolute atomic E-state index is 14.0. The number of anilines is 1. The van der Waals surface area contributed by atoms with Crippen molar-refractivity contribution in [3.8, 4) is 0 Å². The molecule has 3 rings (SSSR count). The van der Waals surface area contributed by atoms with Crippen molar-refractivity contribution in [3.63, 3.8) is 0 Å². The van der Waals surface area contributed by atoms with Crippen molar-refractivity contribution in [1.29, 1.82) is 0 Å². The Balaban J connectivity index is 1.84. The van der Waals surface area contributed by atoms with E-state index in [2.05, 4.69) is 15.3 Å². The Morgan fingerprint density at radius 2 is 1.96 bits per heavy atom. The predicted molar refractivity (Wildman–Crippen MR) is 107 cm³/mol. The molecule has 0 saturated heterocycles. The fourth-order valence-electron chi connectivity index (χ4n) is 2.50. The summed E-state index contributed by atoms with van der Waals surface area (Å²) in [5.41, 5.74) is 6.72. The van der Waals surface area contributed by atoms with E-state index < -0.39 is 11.7 Å². The first kappa shape index (κ1) is 18.5. The molecule has 0 fully saturated rings. The minimum Gasteiger partial charge on any atom is -0.404 e. The van der Waals surface area contributed by atoms with E-state index in [1.807, 2.05) is 30.3 Å². The molecule has 1 aromatic heterocycles. The fourth-order valence-corrected chi connectivity index (χ4v) is 2.67. The van der Waals surface area contributed by atoms with Crippen molar-refractivity contribution in [1.82, 2.24) is 4.98 Å². The van der Waals surface area contributed by atoms with Gasteiger partial charge in [-0.25, -0.2) is 14.4 Å². The number of carbonyl (C=O) groups is 1. The van der Waals surface area contributed by atoms with E-state index in [4.69, 9.17) is 17.3 Å². The molecule has 0 saturated carbocycles. The second-order valence-electron chi connectivity index (χ2n) is 5.69. The normalized spacial score (nSPS) is 12.3. The van der Waals surface area contributed by atoms with Crippen LogP contribution in [0, 0.1) is 5.82 Å². The number of pyridine rings is 1. The molecule has 0 atom stereocenters. The Bertz CT molecular complexity index is 1080. The molecule has 136 valence electrons. The number of para-hydroxylation sites is 1. The minimum absolute atomic E-state index is 0.0241. The number of benzene rings is 2. The van der Waals surface area contributed by atoms with Crippen LogP contribution in [0.4, 0.5) is 15.9 Å². The summed E-state index contributed by atoms with van der Waals surface area (Å²) in [6, 6.07) is 15.5. The van der Waals surface area contributed by atoms with Crippen molar-refractivity contribution in [2.75, 3.05) is 5.32 Å². The Kier molecular flexibility index (Phi) is 5.47. The highest BCUT2D eigenvalue weighted by Crippen LogP contribution is 2.25. The molecular formula is C20H16ClFN4O. The first-order valence-corrected chi connectivity index (χ1v) is 8.46. The number of hydrogen-bond donors (Lipinski definition) is 2. The van der Waals surface area contributed by atoms with E-state index in [0.717, 1.165) is 17.1 Å². The molecule has 0 radical (unpaired) electrons. The average Bonchev–Trinajstić information content (AvgIpc) is 2.66. The van der Waals surface area contributed by atoms with E-state index in [9.17, 15) is 9.18 Å². The van der Waals surface area contributed by atoms with Gasteiger partial charge >= 0.3 is 0 Å². The summed E-state index contributed by atoms with van der Waals surface area (Å²) in [5, 5.41) is 3.59. The lowest BCUT2D eigenvalue weighted by molar-refractivity contribution is -0.112. The zero-order valence-electron chi connectivity index (χ0n) is 14.4. The average molecular weight is 383 g/mol. The van der Waals surface area contributed by atoms with Crippen LogP contribution in [0.5, 0.6) is 0 Å². The molecule has 0 aliphatic carbocycles. The van der Waals surface area contributed by atoms with Crippen LogP contribution in [-0.4, -0.2) is 16.6 Å². The third kappa shape index (κ3) is 4.12. The highest BCUT2D eigenvalue weighted by molar-refractivity contribution is 6.31. The van der Waals surface area contributed by atoms with Crippen LogP contribution in [0.25, 0.3) is 10.9 Å². The van der Waals surface area contributed by atoms with Crippen molar-refractivity contribution in [2.45, 2.75) is 6.92 Å². The van der Waals surface area contributed by atoms with E-state index in [1.165, 1.54) is 12.1 Å². The number of amides is 1. The van der Waals surface area contributed by atoms with Gasteiger partial charge in [-0.15, -0.1) is 0 Å². The summed E-state index contributed by atoms with van der Waals surface area (Å²) in [7, 11) is 0. The zero-order chi connectivity index (χ0) is 19.4. The van der Waals surface area contributed by atoms with Gasteiger partial charge < -0.3 is 11.1 Å². The highest BCUT2D eigenvalue weighted by Gasteiger charge is 2.15. The monoisotopic (exact) mass is 382 g/mol. The Hall–Kier alpha value is -3.25. The lowest BCUT2D eigenvalue weighted by atomic mass is 10.1. The second kappa shape index (κ2) is 7.97. The third-order valence-electron chi connectivity index (χ3n) is 3.86. The lowest BCUT2D eigenvalue weighted by Gasteiger charge is -2.09. The summed E-state index contributed by atoms with van der Waals surface area (Å²) < 4.78 is 14.0. The summed E-state index contributed by atoms with van der Waals surface area (Å²) in [4.78, 5) is 21.1. The van der Waals surface area contributed by atoms with Crippen LogP contribution in [0.1, 0.15) is 6.92 Å². The van der Waals surface area contributed by atoms with E-state index in [-0.39, 0.29) is 22.0 Å². The van der Waals surface area contributed by atoms with Crippen LogP contribution < -0.4 is 11.1 Å². The molecule has 0 aliphatic heterocycles. The maximum atomic E-state index is 14.0. The molecule has 0 unspecified atom stereocenters. The van der Waals surface area contributed by atoms with Gasteiger partial charge in [0, 0.05) is 11.6 Å². The first-order chi connectivity index (χ1) is 13.0. The van der Waals surface area contributed by atoms with Crippen molar-refractivity contribution < 1.29 is 9.18 Å². The van der Waals surface area contributed by atoms with Crippen LogP contribution in [0.15, 0.2) is 71.4 Å². The fraction of sp³-hybridized carbons (Fsp3) is 0.0500. The van der Waals surface area contributed by atoms with Gasteiger partial charge in [0.25, 0.3) is 5.91 Å². The van der Waals surface area contributed by atoms with Crippen molar-refractivity contribution in [3.05, 3.63) is 77.2 Å². The Labute approximate surface area is 160 Å². The van der Waals surface area contributed by atoms with Crippen molar-refractivity contribution >= 4 is 45.6 Å². The number of nitrogens with zero attached hydrogens (tertiary/aromatic N) is 2. The molecule has 0 aliphatic rings. The number of hydrogen-bond acceptors (Lipinski definition) is 4. The van der Waals surface area contributed by atoms with Gasteiger partial charge in [0.15, 0.2) is 5.82 Å². The Morgan fingerprint density at radius 3 is 2.74 bits per heavy atom. The molecule has 27 heavy (non-hydrogen) atoms. The Morgan fingerprint density at radius 1 is 1.19 bits per heavy atom. The summed E-state index contributed by atoms with van der Waals surface area (Å²) in [6.07, 6.45) is 1.12. The molecule has 5 nitrogen and oxygen atoms in total. The number of aromatic nitrogens is 1. The van der Waals surface area contributed by atoms with Gasteiger partial charge in [-0.05, 0) is 37.3 Å². The van der Waals surface area contributed by atoms with Gasteiger partial charge in [-0.2, -0.15) is 0 Å². The molecule has 2 aromatic carbocycles. The number of rotatable bonds is 4. The van der Waals surface area contributed by atoms with E-state index in [0.29, 0.717) is 5.82 Å². The van der Waals surface area contributed by atoms with Gasteiger partial charge in [0.05, 0.1) is 21.8 Å². The minimum atomic E-state index is -0.661. The summed E-state index contributed by atoms with van der Waals surface area (Å²) >= 11 is 5.76. The number of fused-ring (bicyclic) bond motifs is 1. The third-order valence-corrected chi connectivity index (χ3v) is 4.15. The molecule has 0 spiro atoms. The first-order valence-electron chi connectivity index (χ1n) is 8.08. The molecule has 3 aromatic rings. The second-order valence-corrected chi connectivity index (χ2v) is 6.10. The molecule has 0 bridgehead atoms. The number of nitrogens with one attached hydrogen (secondary N) is 1. The molecule has 1 amide bonds. The van der Waals surface area contributed by atoms with E-state index in [1.54, 1.807) is 19.1 Å². The summed E-state index contributed by atoms with van der Waals surface area (Å²) in [6.45, 7) is 1.56. The SMILES string of the molecule is CC(=Nc1cccc(Cl)c1F)C(=CN)C(=O)Nc1ccc2ccccc2n1.